The molecular formula is C28H33F3N6O3S. The lowest BCUT2D eigenvalue weighted by Crippen LogP contribution is -2.45. The summed E-state index contributed by atoms with van der Waals surface area (Å²) in [5.41, 5.74) is -2.52. The summed E-state index contributed by atoms with van der Waals surface area (Å²) in [4.78, 5) is 14.8. The van der Waals surface area contributed by atoms with Crippen LogP contribution < -0.4 is 10.6 Å². The van der Waals surface area contributed by atoms with Gasteiger partial charge in [0.1, 0.15) is 5.03 Å². The van der Waals surface area contributed by atoms with E-state index < -0.39 is 5.51 Å². The molecule has 0 saturated carbocycles. The summed E-state index contributed by atoms with van der Waals surface area (Å²) in [5, 5.41) is 10.5. The molecule has 2 aliphatic rings. The average molecular weight is 591 g/mol. The maximum atomic E-state index is 13.6. The van der Waals surface area contributed by atoms with E-state index in [-0.39, 0.29) is 40.8 Å². The third-order valence-corrected chi connectivity index (χ3v) is 8.02. The molecule has 0 aliphatic carbocycles. The summed E-state index contributed by atoms with van der Waals surface area (Å²) in [5.74, 6) is 5.59. The van der Waals surface area contributed by atoms with Gasteiger partial charge in [0.25, 0.3) is 5.91 Å². The Morgan fingerprint density at radius 2 is 1.98 bits per heavy atom. The number of hydrogen-bond acceptors (Lipinski definition) is 7. The summed E-state index contributed by atoms with van der Waals surface area (Å²) in [6.45, 7) is 4.21. The minimum absolute atomic E-state index is 0.0127. The molecular weight excluding hydrogens is 557 g/mol. The molecule has 4 bridgehead atoms. The van der Waals surface area contributed by atoms with E-state index in [4.69, 9.17) is 9.47 Å². The number of rotatable bonds is 1. The normalized spacial score (nSPS) is 21.9. The van der Waals surface area contributed by atoms with Gasteiger partial charge in [-0.2, -0.15) is 18.3 Å². The number of nitrogens with zero attached hydrogens (tertiary/aromatic N) is 4. The number of pyridine rings is 1. The van der Waals surface area contributed by atoms with Crippen LogP contribution in [0.2, 0.25) is 0 Å². The molecule has 2 N–H and O–H groups in total. The molecule has 5 heterocycles. The molecule has 9 nitrogen and oxygen atoms in total. The lowest BCUT2D eigenvalue weighted by molar-refractivity contribution is -0.0329. The molecule has 0 radical (unpaired) electrons. The van der Waals surface area contributed by atoms with Crippen molar-refractivity contribution in [1.82, 2.24) is 24.4 Å². The largest absolute Gasteiger partial charge is 0.447 e. The van der Waals surface area contributed by atoms with Gasteiger partial charge in [0.05, 0.1) is 61.4 Å². The van der Waals surface area contributed by atoms with E-state index in [9.17, 15) is 18.0 Å². The number of fused-ring (bicyclic) bond motifs is 4. The summed E-state index contributed by atoms with van der Waals surface area (Å²) >= 11 is -0.192. The van der Waals surface area contributed by atoms with Crippen LogP contribution in [-0.4, -0.2) is 89.6 Å². The van der Waals surface area contributed by atoms with Crippen LogP contribution in [0.25, 0.3) is 5.52 Å². The Morgan fingerprint density at radius 3 is 2.80 bits per heavy atom. The second-order valence-electron chi connectivity index (χ2n) is 10.1. The van der Waals surface area contributed by atoms with Gasteiger partial charge in [-0.1, -0.05) is 11.8 Å². The number of alkyl halides is 3. The number of halogens is 3. The number of hydrogen-bond donors (Lipinski definition) is 2. The van der Waals surface area contributed by atoms with E-state index in [1.165, 1.54) is 10.6 Å². The predicted octanol–water partition coefficient (Wildman–Crippen LogP) is 3.70. The molecule has 0 spiro atoms. The standard InChI is InChI=1S/C28H33F3N6O3S/c1-35-10-6-23-21(18-35)7-12-39-14-15-40-13-11-36-19-22(17-33-36)26(38)32-8-2-4-20-16-25-24(34-23)5-3-9-37(25)27(20)41-28(29,30)31/h3,5,9,16-17,19,21,23,34H,6-8,10-15,18H2,1H3,(H,32,38)/t21-,23-/m0/s1. The fourth-order valence-corrected chi connectivity index (χ4v) is 5.88. The number of nitrogens with one attached hydrogen (secondary N) is 2. The molecule has 220 valence electrons. The Balaban J connectivity index is 1.44. The number of ether oxygens (including phenoxy) is 2. The highest BCUT2D eigenvalue weighted by Gasteiger charge is 2.33. The van der Waals surface area contributed by atoms with E-state index in [1.807, 2.05) is 6.07 Å². The molecule has 13 heteroatoms. The van der Waals surface area contributed by atoms with E-state index in [1.54, 1.807) is 29.2 Å². The first-order valence-electron chi connectivity index (χ1n) is 13.6. The van der Waals surface area contributed by atoms with Gasteiger partial charge in [-0.3, -0.25) is 9.48 Å². The van der Waals surface area contributed by atoms with Crippen molar-refractivity contribution < 1.29 is 27.4 Å². The Morgan fingerprint density at radius 1 is 1.15 bits per heavy atom. The smallest absolute Gasteiger partial charge is 0.380 e. The zero-order valence-corrected chi connectivity index (χ0v) is 23.6. The van der Waals surface area contributed by atoms with Crippen molar-refractivity contribution in [2.75, 3.05) is 58.4 Å². The van der Waals surface area contributed by atoms with Gasteiger partial charge in [-0.25, -0.2) is 0 Å². The zero-order chi connectivity index (χ0) is 28.8. The molecule has 0 unspecified atom stereocenters. The minimum atomic E-state index is -4.49. The number of carbonyl (C=O) groups excluding carboxylic acids is 1. The first-order valence-corrected chi connectivity index (χ1v) is 14.4. The van der Waals surface area contributed by atoms with Gasteiger partial charge >= 0.3 is 5.51 Å². The van der Waals surface area contributed by atoms with E-state index in [2.05, 4.69) is 39.5 Å². The van der Waals surface area contributed by atoms with Crippen LogP contribution in [0.3, 0.4) is 0 Å². The van der Waals surface area contributed by atoms with Gasteiger partial charge < -0.3 is 29.4 Å². The Kier molecular flexibility index (Phi) is 9.44. The summed E-state index contributed by atoms with van der Waals surface area (Å²) in [7, 11) is 2.10. The minimum Gasteiger partial charge on any atom is -0.380 e. The number of amides is 1. The molecule has 1 saturated heterocycles. The highest BCUT2D eigenvalue weighted by atomic mass is 32.2. The Labute approximate surface area is 240 Å². The Bertz CT molecular complexity index is 1410. The SMILES string of the molecule is CN1CC[C@@H]2Nc3cccn4c(SC(F)(F)F)c(cc34)C#CCNC(=O)c3cnn(c3)CCOCCOCC[C@H]2C1. The van der Waals surface area contributed by atoms with Crippen LogP contribution in [0.15, 0.2) is 41.8 Å². The molecule has 2 aliphatic heterocycles. The highest BCUT2D eigenvalue weighted by Crippen LogP contribution is 2.41. The number of anilines is 1. The van der Waals surface area contributed by atoms with Crippen LogP contribution in [0, 0.1) is 17.8 Å². The van der Waals surface area contributed by atoms with Crippen LogP contribution in [0.4, 0.5) is 18.9 Å². The fraction of sp³-hybridized carbons (Fsp3) is 0.500. The van der Waals surface area contributed by atoms with Crippen molar-refractivity contribution in [2.24, 2.45) is 5.92 Å². The van der Waals surface area contributed by atoms with Gasteiger partial charge in [-0.15, -0.1) is 0 Å². The maximum Gasteiger partial charge on any atom is 0.447 e. The van der Waals surface area contributed by atoms with Gasteiger partial charge in [0, 0.05) is 43.3 Å². The second-order valence-corrected chi connectivity index (χ2v) is 11.2. The molecule has 1 fully saturated rings. The zero-order valence-electron chi connectivity index (χ0n) is 22.7. The van der Waals surface area contributed by atoms with Crippen LogP contribution in [0.1, 0.15) is 28.8 Å². The number of thioether (sulfide) groups is 1. The van der Waals surface area contributed by atoms with Crippen molar-refractivity contribution in [2.45, 2.75) is 36.0 Å². The van der Waals surface area contributed by atoms with E-state index in [0.717, 1.165) is 31.6 Å². The molecule has 3 aromatic rings. The third kappa shape index (κ3) is 7.77. The first kappa shape index (κ1) is 29.3. The lowest BCUT2D eigenvalue weighted by Gasteiger charge is -2.38. The molecule has 1 amide bonds. The van der Waals surface area contributed by atoms with Crippen molar-refractivity contribution in [3.63, 3.8) is 0 Å². The van der Waals surface area contributed by atoms with Crippen LogP contribution in [-0.2, 0) is 16.0 Å². The van der Waals surface area contributed by atoms with E-state index in [0.29, 0.717) is 50.0 Å². The monoisotopic (exact) mass is 590 g/mol. The van der Waals surface area contributed by atoms with Crippen molar-refractivity contribution in [3.8, 4) is 11.8 Å². The van der Waals surface area contributed by atoms with E-state index >= 15 is 0 Å². The van der Waals surface area contributed by atoms with Crippen molar-refractivity contribution >= 4 is 28.9 Å². The summed E-state index contributed by atoms with van der Waals surface area (Å²) in [6, 6.07) is 5.44. The average Bonchev–Trinajstić information content (AvgIpc) is 3.54. The predicted molar refractivity (Wildman–Crippen MR) is 150 cm³/mol. The third-order valence-electron chi connectivity index (χ3n) is 7.18. The second kappa shape index (κ2) is 13.2. The quantitative estimate of drug-likeness (QED) is 0.330. The number of likely N-dealkylation sites (tertiary alicyclic amines) is 1. The maximum absolute atomic E-state index is 13.6. The summed E-state index contributed by atoms with van der Waals surface area (Å²) in [6.07, 6.45) is 6.42. The molecule has 41 heavy (non-hydrogen) atoms. The van der Waals surface area contributed by atoms with Crippen LogP contribution in [0.5, 0.6) is 0 Å². The van der Waals surface area contributed by atoms with Crippen molar-refractivity contribution in [1.29, 1.82) is 0 Å². The van der Waals surface area contributed by atoms with Crippen LogP contribution >= 0.6 is 11.8 Å². The summed E-state index contributed by atoms with van der Waals surface area (Å²) < 4.78 is 55.4. The van der Waals surface area contributed by atoms with Crippen molar-refractivity contribution in [3.05, 3.63) is 47.9 Å². The lowest BCUT2D eigenvalue weighted by atomic mass is 9.89. The number of aromatic nitrogens is 3. The first-order chi connectivity index (χ1) is 19.8. The Hall–Kier alpha value is -3.18. The van der Waals surface area contributed by atoms with Gasteiger partial charge in [-0.05, 0) is 50.6 Å². The van der Waals surface area contributed by atoms with Gasteiger partial charge in [0.2, 0.25) is 0 Å². The van der Waals surface area contributed by atoms with Gasteiger partial charge in [0.15, 0.2) is 0 Å². The highest BCUT2D eigenvalue weighted by molar-refractivity contribution is 8.00. The molecule has 3 aromatic heterocycles. The number of carbonyl (C=O) groups is 1. The number of piperidine rings is 1. The molecule has 2 atom stereocenters. The topological polar surface area (TPSA) is 85.1 Å². The fourth-order valence-electron chi connectivity index (χ4n) is 5.18. The molecule has 0 aromatic carbocycles. The molecule has 5 rings (SSSR count).